The van der Waals surface area contributed by atoms with Gasteiger partial charge in [-0.25, -0.2) is 0 Å². The summed E-state index contributed by atoms with van der Waals surface area (Å²) in [6.07, 6.45) is 8.02. The van der Waals surface area contributed by atoms with Gasteiger partial charge >= 0.3 is 0 Å². The highest BCUT2D eigenvalue weighted by molar-refractivity contribution is 7.99. The van der Waals surface area contributed by atoms with Gasteiger partial charge in [0.05, 0.1) is 5.41 Å². The Balaban J connectivity index is 1.85. The zero-order valence-corrected chi connectivity index (χ0v) is 11.7. The molecule has 1 aliphatic carbocycles. The third kappa shape index (κ3) is 3.16. The van der Waals surface area contributed by atoms with Crippen molar-refractivity contribution in [2.24, 2.45) is 5.41 Å². The van der Waals surface area contributed by atoms with Gasteiger partial charge in [-0.3, -0.25) is 4.79 Å². The summed E-state index contributed by atoms with van der Waals surface area (Å²) in [6.45, 7) is 3.89. The molecular formula is C13H24N2OS. The molecule has 98 valence electrons. The highest BCUT2D eigenvalue weighted by Gasteiger charge is 2.37. The molecule has 3 unspecified atom stereocenters. The number of hydrogen-bond donors (Lipinski definition) is 2. The van der Waals surface area contributed by atoms with Crippen LogP contribution in [0.15, 0.2) is 0 Å². The summed E-state index contributed by atoms with van der Waals surface area (Å²) in [4.78, 5) is 12.3. The molecule has 3 nitrogen and oxygen atoms in total. The summed E-state index contributed by atoms with van der Waals surface area (Å²) in [6, 6.07) is 0.408. The molecule has 2 rings (SSSR count). The van der Waals surface area contributed by atoms with Crippen molar-refractivity contribution in [3.8, 4) is 0 Å². The molecule has 3 atom stereocenters. The van der Waals surface area contributed by atoms with E-state index in [1.54, 1.807) is 0 Å². The molecule has 1 amide bonds. The Morgan fingerprint density at radius 2 is 2.29 bits per heavy atom. The Morgan fingerprint density at radius 3 is 2.94 bits per heavy atom. The van der Waals surface area contributed by atoms with Gasteiger partial charge in [0.15, 0.2) is 0 Å². The lowest BCUT2D eigenvalue weighted by molar-refractivity contribution is -0.130. The van der Waals surface area contributed by atoms with Gasteiger partial charge in [0, 0.05) is 17.8 Å². The van der Waals surface area contributed by atoms with Crippen LogP contribution in [0.5, 0.6) is 0 Å². The van der Waals surface area contributed by atoms with E-state index in [0.29, 0.717) is 6.04 Å². The molecule has 1 saturated carbocycles. The van der Waals surface area contributed by atoms with Crippen LogP contribution >= 0.6 is 11.8 Å². The molecule has 1 saturated heterocycles. The molecule has 0 radical (unpaired) electrons. The zero-order chi connectivity index (χ0) is 12.3. The molecule has 0 bridgehead atoms. The Bertz CT molecular complexity index is 277. The molecule has 2 fully saturated rings. The van der Waals surface area contributed by atoms with E-state index in [1.807, 2.05) is 11.8 Å². The Morgan fingerprint density at radius 1 is 1.47 bits per heavy atom. The first-order valence-corrected chi connectivity index (χ1v) is 7.97. The van der Waals surface area contributed by atoms with Crippen molar-refractivity contribution >= 4 is 17.7 Å². The zero-order valence-electron chi connectivity index (χ0n) is 10.9. The number of carbonyl (C=O) groups excluding carboxylic acids is 1. The van der Waals surface area contributed by atoms with Crippen molar-refractivity contribution in [2.45, 2.75) is 50.3 Å². The maximum atomic E-state index is 12.3. The van der Waals surface area contributed by atoms with Gasteiger partial charge in [-0.05, 0) is 45.4 Å². The van der Waals surface area contributed by atoms with Gasteiger partial charge in [-0.1, -0.05) is 6.42 Å². The molecule has 0 aromatic rings. The van der Waals surface area contributed by atoms with Crippen LogP contribution < -0.4 is 10.6 Å². The van der Waals surface area contributed by atoms with Crippen molar-refractivity contribution in [1.82, 2.24) is 10.6 Å². The lowest BCUT2D eigenvalue weighted by Gasteiger charge is -2.31. The molecule has 1 heterocycles. The molecule has 4 heteroatoms. The second-order valence-corrected chi connectivity index (χ2v) is 6.82. The van der Waals surface area contributed by atoms with E-state index in [4.69, 9.17) is 0 Å². The van der Waals surface area contributed by atoms with Crippen molar-refractivity contribution in [1.29, 1.82) is 0 Å². The van der Waals surface area contributed by atoms with Crippen molar-refractivity contribution in [3.05, 3.63) is 0 Å². The predicted molar refractivity (Wildman–Crippen MR) is 73.3 cm³/mol. The average molecular weight is 256 g/mol. The minimum Gasteiger partial charge on any atom is -0.353 e. The van der Waals surface area contributed by atoms with Crippen LogP contribution in [-0.4, -0.2) is 36.5 Å². The summed E-state index contributed by atoms with van der Waals surface area (Å²) < 4.78 is 0. The molecule has 0 aromatic heterocycles. The summed E-state index contributed by atoms with van der Waals surface area (Å²) in [5.41, 5.74) is -0.174. The summed E-state index contributed by atoms with van der Waals surface area (Å²) >= 11 is 1.94. The molecule has 2 N–H and O–H groups in total. The first kappa shape index (κ1) is 13.2. The molecule has 0 spiro atoms. The minimum absolute atomic E-state index is 0.174. The Labute approximate surface area is 108 Å². The SMILES string of the molecule is CSC1CCCC(NC(=O)C2(C)CCNC2)C1. The highest BCUT2D eigenvalue weighted by atomic mass is 32.2. The van der Waals surface area contributed by atoms with E-state index in [-0.39, 0.29) is 11.3 Å². The monoisotopic (exact) mass is 256 g/mol. The molecule has 0 aromatic carbocycles. The lowest BCUT2D eigenvalue weighted by Crippen LogP contribution is -2.47. The van der Waals surface area contributed by atoms with Crippen LogP contribution in [0.25, 0.3) is 0 Å². The third-order valence-corrected chi connectivity index (χ3v) is 5.31. The molecule has 1 aliphatic heterocycles. The van der Waals surface area contributed by atoms with Gasteiger partial charge in [-0.2, -0.15) is 11.8 Å². The molecule has 17 heavy (non-hydrogen) atoms. The van der Waals surface area contributed by atoms with E-state index < -0.39 is 0 Å². The van der Waals surface area contributed by atoms with Gasteiger partial charge in [0.25, 0.3) is 0 Å². The van der Waals surface area contributed by atoms with Crippen LogP contribution in [-0.2, 0) is 4.79 Å². The highest BCUT2D eigenvalue weighted by Crippen LogP contribution is 2.29. The van der Waals surface area contributed by atoms with E-state index in [1.165, 1.54) is 12.8 Å². The number of nitrogens with one attached hydrogen (secondary N) is 2. The molecular weight excluding hydrogens is 232 g/mol. The summed E-state index contributed by atoms with van der Waals surface area (Å²) in [5.74, 6) is 0.259. The maximum absolute atomic E-state index is 12.3. The van der Waals surface area contributed by atoms with Gasteiger partial charge in [0.2, 0.25) is 5.91 Å². The topological polar surface area (TPSA) is 41.1 Å². The van der Waals surface area contributed by atoms with Gasteiger partial charge < -0.3 is 10.6 Å². The smallest absolute Gasteiger partial charge is 0.227 e. The number of thioether (sulfide) groups is 1. The number of amides is 1. The number of hydrogen-bond acceptors (Lipinski definition) is 3. The maximum Gasteiger partial charge on any atom is 0.227 e. The van der Waals surface area contributed by atoms with E-state index >= 15 is 0 Å². The lowest BCUT2D eigenvalue weighted by atomic mass is 9.87. The van der Waals surface area contributed by atoms with Crippen molar-refractivity contribution in [3.63, 3.8) is 0 Å². The first-order valence-electron chi connectivity index (χ1n) is 6.68. The number of rotatable bonds is 3. The fourth-order valence-corrected chi connectivity index (χ4v) is 3.69. The Kier molecular flexibility index (Phi) is 4.36. The quantitative estimate of drug-likeness (QED) is 0.809. The van der Waals surface area contributed by atoms with E-state index in [0.717, 1.165) is 37.6 Å². The fourth-order valence-electron chi connectivity index (χ4n) is 2.86. The van der Waals surface area contributed by atoms with Crippen LogP contribution in [0.4, 0.5) is 0 Å². The summed E-state index contributed by atoms with van der Waals surface area (Å²) in [5, 5.41) is 7.30. The fraction of sp³-hybridized carbons (Fsp3) is 0.923. The largest absolute Gasteiger partial charge is 0.353 e. The van der Waals surface area contributed by atoms with Crippen LogP contribution in [0.2, 0.25) is 0 Å². The standard InChI is InChI=1S/C13H24N2OS/c1-13(6-7-14-9-13)12(16)15-10-4-3-5-11(8-10)17-2/h10-11,14H,3-9H2,1-2H3,(H,15,16). The second-order valence-electron chi connectivity index (χ2n) is 5.68. The van der Waals surface area contributed by atoms with Crippen molar-refractivity contribution in [2.75, 3.05) is 19.3 Å². The van der Waals surface area contributed by atoms with E-state index in [2.05, 4.69) is 23.8 Å². The summed E-state index contributed by atoms with van der Waals surface area (Å²) in [7, 11) is 0. The van der Waals surface area contributed by atoms with Crippen LogP contribution in [0.1, 0.15) is 39.0 Å². The normalized spacial score (nSPS) is 38.0. The minimum atomic E-state index is -0.174. The first-order chi connectivity index (χ1) is 8.14. The van der Waals surface area contributed by atoms with Crippen LogP contribution in [0, 0.1) is 5.41 Å². The third-order valence-electron chi connectivity index (χ3n) is 4.21. The molecule has 2 aliphatic rings. The predicted octanol–water partition coefficient (Wildman–Crippen LogP) is 1.78. The Hall–Kier alpha value is -0.220. The second kappa shape index (κ2) is 5.61. The van der Waals surface area contributed by atoms with Crippen molar-refractivity contribution < 1.29 is 4.79 Å². The number of carbonyl (C=O) groups is 1. The van der Waals surface area contributed by atoms with Gasteiger partial charge in [-0.15, -0.1) is 0 Å². The average Bonchev–Trinajstić information content (AvgIpc) is 2.78. The van der Waals surface area contributed by atoms with Crippen LogP contribution in [0.3, 0.4) is 0 Å². The van der Waals surface area contributed by atoms with E-state index in [9.17, 15) is 4.79 Å². The van der Waals surface area contributed by atoms with Gasteiger partial charge in [0.1, 0.15) is 0 Å².